The summed E-state index contributed by atoms with van der Waals surface area (Å²) in [5.74, 6) is 1.82. The van der Waals surface area contributed by atoms with Crippen molar-refractivity contribution in [1.82, 2.24) is 4.90 Å². The van der Waals surface area contributed by atoms with Crippen LogP contribution in [0, 0.1) is 44.8 Å². The van der Waals surface area contributed by atoms with Crippen LogP contribution in [0.5, 0.6) is 0 Å². The van der Waals surface area contributed by atoms with Crippen LogP contribution < -0.4 is 0 Å². The molecule has 0 N–H and O–H groups in total. The van der Waals surface area contributed by atoms with Crippen LogP contribution in [0.4, 0.5) is 0 Å². The monoisotopic (exact) mass is 546 g/mol. The summed E-state index contributed by atoms with van der Waals surface area (Å²) in [7, 11) is 0. The molecule has 0 bridgehead atoms. The molecule has 1 aliphatic carbocycles. The molecule has 2 fully saturated rings. The number of ether oxygens (including phenoxy) is 2. The van der Waals surface area contributed by atoms with Gasteiger partial charge in [0.05, 0.1) is 26.0 Å². The van der Waals surface area contributed by atoms with Crippen molar-refractivity contribution in [3.63, 3.8) is 0 Å². The first-order valence-electron chi connectivity index (χ1n) is 16.2. The van der Waals surface area contributed by atoms with Crippen LogP contribution in [0.15, 0.2) is 11.6 Å². The van der Waals surface area contributed by atoms with Gasteiger partial charge in [0.2, 0.25) is 0 Å². The fourth-order valence-electron chi connectivity index (χ4n) is 8.43. The summed E-state index contributed by atoms with van der Waals surface area (Å²) in [5.41, 5.74) is 2.98. The van der Waals surface area contributed by atoms with Crippen LogP contribution in [-0.4, -0.2) is 42.5 Å². The highest BCUT2D eigenvalue weighted by Crippen LogP contribution is 2.55. The Morgan fingerprint density at radius 3 is 1.92 bits per heavy atom. The van der Waals surface area contributed by atoms with E-state index in [-0.39, 0.29) is 33.3 Å². The van der Waals surface area contributed by atoms with Gasteiger partial charge >= 0.3 is 0 Å². The van der Waals surface area contributed by atoms with Gasteiger partial charge in [-0.3, -0.25) is 4.90 Å². The van der Waals surface area contributed by atoms with E-state index in [1.54, 1.807) is 5.57 Å². The Hall–Kier alpha value is -0.380. The topological polar surface area (TPSA) is 21.7 Å². The lowest BCUT2D eigenvalue weighted by molar-refractivity contribution is -0.0282. The summed E-state index contributed by atoms with van der Waals surface area (Å²) in [4.78, 5) is 2.62. The van der Waals surface area contributed by atoms with E-state index in [9.17, 15) is 0 Å². The van der Waals surface area contributed by atoms with Crippen molar-refractivity contribution in [1.29, 1.82) is 0 Å². The van der Waals surface area contributed by atoms with Crippen LogP contribution in [0.3, 0.4) is 0 Å². The van der Waals surface area contributed by atoms with Gasteiger partial charge in [0.1, 0.15) is 0 Å². The maximum Gasteiger partial charge on any atom is 0.0998 e. The van der Waals surface area contributed by atoms with E-state index >= 15 is 0 Å². The molecule has 228 valence electrons. The quantitative estimate of drug-likeness (QED) is 0.283. The molecule has 0 amide bonds. The second-order valence-corrected chi connectivity index (χ2v) is 18.8. The molecule has 0 radical (unpaired) electrons. The summed E-state index contributed by atoms with van der Waals surface area (Å²) < 4.78 is 12.9. The average Bonchev–Trinajstić information content (AvgIpc) is 3.49. The van der Waals surface area contributed by atoms with Gasteiger partial charge in [-0.1, -0.05) is 102 Å². The summed E-state index contributed by atoms with van der Waals surface area (Å²) in [6.07, 6.45) is 9.00. The molecule has 5 unspecified atom stereocenters. The fourth-order valence-corrected chi connectivity index (χ4v) is 8.43. The zero-order valence-electron chi connectivity index (χ0n) is 28.9. The molecule has 3 rings (SSSR count). The molecule has 0 aromatic carbocycles. The minimum absolute atomic E-state index is 0.0283. The van der Waals surface area contributed by atoms with E-state index in [0.717, 1.165) is 26.4 Å². The Labute approximate surface area is 244 Å². The normalized spacial score (nSPS) is 30.3. The van der Waals surface area contributed by atoms with Crippen LogP contribution >= 0.6 is 0 Å². The molecular formula is C36H67NO2. The van der Waals surface area contributed by atoms with E-state index in [4.69, 9.17) is 9.47 Å². The average molecular weight is 546 g/mol. The standard InChI is InChI=1S/C36H67NO2/c1-31(2,3)25-17-16-18-26(25)34(10,11)19-20-35(12,13)27-22-39-28(30(27)33(7,8)9)21-36(14,15)37-24-38-23-29(37)32(4,5)6/h18,25,27-30H,16-17,19-24H2,1-15H3. The van der Waals surface area contributed by atoms with E-state index in [1.807, 2.05) is 0 Å². The summed E-state index contributed by atoms with van der Waals surface area (Å²) in [5, 5.41) is 0. The zero-order chi connectivity index (χ0) is 29.8. The molecule has 5 atom stereocenters. The molecule has 0 saturated carbocycles. The van der Waals surface area contributed by atoms with Gasteiger partial charge in [0.15, 0.2) is 0 Å². The predicted octanol–water partition coefficient (Wildman–Crippen LogP) is 9.75. The molecule has 2 heterocycles. The van der Waals surface area contributed by atoms with Gasteiger partial charge in [-0.15, -0.1) is 0 Å². The molecule has 0 aromatic heterocycles. The number of allylic oxidation sites excluding steroid dienone is 2. The smallest absolute Gasteiger partial charge is 0.0998 e. The second kappa shape index (κ2) is 11.0. The van der Waals surface area contributed by atoms with Crippen molar-refractivity contribution in [2.75, 3.05) is 19.9 Å². The summed E-state index contributed by atoms with van der Waals surface area (Å²) in [6.45, 7) is 39.1. The Balaban J connectivity index is 1.76. The molecule has 2 saturated heterocycles. The lowest BCUT2D eigenvalue weighted by Gasteiger charge is -2.47. The van der Waals surface area contributed by atoms with E-state index in [1.165, 1.54) is 25.7 Å². The van der Waals surface area contributed by atoms with Crippen LogP contribution in [0.25, 0.3) is 0 Å². The Morgan fingerprint density at radius 1 is 0.769 bits per heavy atom. The SMILES string of the molecule is CC(C)(CCC(C)(C)C1COC(CC(C)(C)N2COCC2C(C)(C)C)C1C(C)(C)C)C1=CCCC1C(C)(C)C. The van der Waals surface area contributed by atoms with Crippen molar-refractivity contribution < 1.29 is 9.47 Å². The van der Waals surface area contributed by atoms with Crippen LogP contribution in [-0.2, 0) is 9.47 Å². The lowest BCUT2D eigenvalue weighted by Crippen LogP contribution is -2.54. The van der Waals surface area contributed by atoms with Gasteiger partial charge in [-0.2, -0.15) is 0 Å². The minimum atomic E-state index is 0.0283. The van der Waals surface area contributed by atoms with Crippen molar-refractivity contribution >= 4 is 0 Å². The highest BCUT2D eigenvalue weighted by atomic mass is 16.5. The largest absolute Gasteiger partial charge is 0.378 e. The number of rotatable bonds is 8. The first-order valence-corrected chi connectivity index (χ1v) is 16.2. The van der Waals surface area contributed by atoms with Gasteiger partial charge < -0.3 is 9.47 Å². The van der Waals surface area contributed by atoms with Gasteiger partial charge in [0, 0.05) is 11.6 Å². The fraction of sp³-hybridized carbons (Fsp3) is 0.944. The van der Waals surface area contributed by atoms with Crippen molar-refractivity contribution in [3.05, 3.63) is 11.6 Å². The maximum absolute atomic E-state index is 6.82. The Bertz CT molecular complexity index is 860. The van der Waals surface area contributed by atoms with Crippen LogP contribution in [0.2, 0.25) is 0 Å². The first-order chi connectivity index (χ1) is 17.5. The van der Waals surface area contributed by atoms with Crippen molar-refractivity contribution in [2.45, 2.75) is 154 Å². The van der Waals surface area contributed by atoms with Crippen molar-refractivity contribution in [3.8, 4) is 0 Å². The highest BCUT2D eigenvalue weighted by Gasteiger charge is 2.53. The van der Waals surface area contributed by atoms with E-state index < -0.39 is 0 Å². The van der Waals surface area contributed by atoms with Gasteiger partial charge in [-0.25, -0.2) is 0 Å². The molecule has 39 heavy (non-hydrogen) atoms. The number of hydrogen-bond acceptors (Lipinski definition) is 3. The van der Waals surface area contributed by atoms with Gasteiger partial charge in [-0.05, 0) is 90.8 Å². The number of hydrogen-bond donors (Lipinski definition) is 0. The maximum atomic E-state index is 6.82. The zero-order valence-corrected chi connectivity index (χ0v) is 28.9. The second-order valence-electron chi connectivity index (χ2n) is 18.8. The molecule has 0 spiro atoms. The molecule has 3 nitrogen and oxygen atoms in total. The summed E-state index contributed by atoms with van der Waals surface area (Å²) in [6, 6.07) is 0.443. The Morgan fingerprint density at radius 2 is 1.38 bits per heavy atom. The van der Waals surface area contributed by atoms with Gasteiger partial charge in [0.25, 0.3) is 0 Å². The third kappa shape index (κ3) is 7.34. The van der Waals surface area contributed by atoms with E-state index in [0.29, 0.717) is 29.2 Å². The lowest BCUT2D eigenvalue weighted by atomic mass is 9.59. The Kier molecular flexibility index (Phi) is 9.37. The predicted molar refractivity (Wildman–Crippen MR) is 168 cm³/mol. The first kappa shape index (κ1) is 33.1. The molecule has 0 aromatic rings. The molecule has 3 aliphatic rings. The molecule has 3 heteroatoms. The highest BCUT2D eigenvalue weighted by molar-refractivity contribution is 5.22. The molecular weight excluding hydrogens is 478 g/mol. The third-order valence-corrected chi connectivity index (χ3v) is 11.1. The van der Waals surface area contributed by atoms with E-state index in [2.05, 4.69) is 115 Å². The minimum Gasteiger partial charge on any atom is -0.378 e. The molecule has 2 aliphatic heterocycles. The number of nitrogens with zero attached hydrogens (tertiary/aromatic N) is 1. The summed E-state index contributed by atoms with van der Waals surface area (Å²) >= 11 is 0. The third-order valence-electron chi connectivity index (χ3n) is 11.1. The van der Waals surface area contributed by atoms with Crippen molar-refractivity contribution in [2.24, 2.45) is 44.8 Å². The van der Waals surface area contributed by atoms with Crippen LogP contribution in [0.1, 0.15) is 136 Å².